The summed E-state index contributed by atoms with van der Waals surface area (Å²) in [5.74, 6) is 3.09. The lowest BCUT2D eigenvalue weighted by Crippen LogP contribution is -2.36. The second kappa shape index (κ2) is 9.62. The number of anilines is 2. The average Bonchev–Trinajstić information content (AvgIpc) is 3.69. The Bertz CT molecular complexity index is 1590. The van der Waals surface area contributed by atoms with Crippen molar-refractivity contribution >= 4 is 28.3 Å². The average molecular weight is 513 g/mol. The smallest absolute Gasteiger partial charge is 0.203 e. The Kier molecular flexibility index (Phi) is 5.82. The van der Waals surface area contributed by atoms with Gasteiger partial charge in [0, 0.05) is 38.2 Å². The molecule has 12 nitrogen and oxygen atoms in total. The van der Waals surface area contributed by atoms with E-state index >= 15 is 0 Å². The molecule has 2 fully saturated rings. The summed E-state index contributed by atoms with van der Waals surface area (Å²) in [5.41, 5.74) is 4.10. The molecule has 0 radical (unpaired) electrons. The van der Waals surface area contributed by atoms with Crippen LogP contribution in [-0.4, -0.2) is 84.7 Å². The quantitative estimate of drug-likeness (QED) is 0.363. The number of nitrogens with one attached hydrogen (secondary N) is 1. The van der Waals surface area contributed by atoms with Gasteiger partial charge in [-0.25, -0.2) is 15.0 Å². The fourth-order valence-electron chi connectivity index (χ4n) is 5.05. The number of morpholine rings is 1. The molecule has 12 heteroatoms. The highest BCUT2D eigenvalue weighted by Crippen LogP contribution is 2.29. The molecule has 7 rings (SSSR count). The molecule has 0 aromatic carbocycles. The van der Waals surface area contributed by atoms with Gasteiger partial charge in [0.1, 0.15) is 22.9 Å². The van der Waals surface area contributed by atoms with Gasteiger partial charge < -0.3 is 24.3 Å². The molecule has 0 saturated carbocycles. The van der Waals surface area contributed by atoms with Crippen LogP contribution in [0.4, 0.5) is 11.6 Å². The zero-order valence-corrected chi connectivity index (χ0v) is 21.1. The van der Waals surface area contributed by atoms with E-state index in [0.29, 0.717) is 43.5 Å². The van der Waals surface area contributed by atoms with Crippen molar-refractivity contribution in [3.05, 3.63) is 54.4 Å². The lowest BCUT2D eigenvalue weighted by Gasteiger charge is -2.27. The molecule has 0 spiro atoms. The first kappa shape index (κ1) is 23.0. The van der Waals surface area contributed by atoms with Crippen molar-refractivity contribution in [3.63, 3.8) is 0 Å². The molecule has 2 saturated heterocycles. The number of fused-ring (bicyclic) bond motifs is 2. The first-order chi connectivity index (χ1) is 18.7. The first-order valence-electron chi connectivity index (χ1n) is 12.9. The normalized spacial score (nSPS) is 18.0. The van der Waals surface area contributed by atoms with Crippen LogP contribution in [0.15, 0.2) is 42.9 Å². The molecule has 5 aromatic rings. The van der Waals surface area contributed by atoms with Crippen molar-refractivity contribution in [1.29, 1.82) is 0 Å². The maximum atomic E-state index is 5.57. The number of nitrogens with zero attached hydrogens (tertiary/aromatic N) is 9. The van der Waals surface area contributed by atoms with Crippen LogP contribution in [0.5, 0.6) is 0 Å². The van der Waals surface area contributed by atoms with Crippen molar-refractivity contribution in [1.82, 2.24) is 39.1 Å². The predicted molar refractivity (Wildman–Crippen MR) is 141 cm³/mol. The van der Waals surface area contributed by atoms with E-state index in [9.17, 15) is 0 Å². The van der Waals surface area contributed by atoms with Gasteiger partial charge in [-0.1, -0.05) is 6.07 Å². The number of rotatable bonds is 6. The van der Waals surface area contributed by atoms with Gasteiger partial charge in [0.2, 0.25) is 5.65 Å². The van der Waals surface area contributed by atoms with Gasteiger partial charge in [0.25, 0.3) is 0 Å². The first-order valence-corrected chi connectivity index (χ1v) is 12.9. The molecule has 38 heavy (non-hydrogen) atoms. The van der Waals surface area contributed by atoms with Crippen LogP contribution in [0.25, 0.3) is 28.2 Å². The van der Waals surface area contributed by atoms with E-state index in [2.05, 4.69) is 36.0 Å². The maximum absolute atomic E-state index is 5.57. The fourth-order valence-corrected chi connectivity index (χ4v) is 5.05. The number of hydrogen-bond donors (Lipinski definition) is 1. The Morgan fingerprint density at radius 1 is 1.05 bits per heavy atom. The Morgan fingerprint density at radius 3 is 2.79 bits per heavy atom. The van der Waals surface area contributed by atoms with Crippen LogP contribution < -0.4 is 10.2 Å². The van der Waals surface area contributed by atoms with Crippen molar-refractivity contribution in [2.45, 2.75) is 25.9 Å². The highest BCUT2D eigenvalue weighted by molar-refractivity contribution is 5.82. The molecule has 0 amide bonds. The summed E-state index contributed by atoms with van der Waals surface area (Å²) in [5, 5.41) is 12.2. The third-order valence-corrected chi connectivity index (χ3v) is 7.06. The third kappa shape index (κ3) is 4.21. The van der Waals surface area contributed by atoms with Crippen LogP contribution in [0.2, 0.25) is 0 Å². The van der Waals surface area contributed by atoms with Crippen molar-refractivity contribution < 1.29 is 9.47 Å². The van der Waals surface area contributed by atoms with Crippen LogP contribution >= 0.6 is 0 Å². The van der Waals surface area contributed by atoms with Gasteiger partial charge in [-0.2, -0.15) is 0 Å². The molecule has 7 heterocycles. The van der Waals surface area contributed by atoms with Crippen molar-refractivity contribution in [2.75, 3.05) is 49.7 Å². The molecule has 0 bridgehead atoms. The van der Waals surface area contributed by atoms with Crippen LogP contribution in [0.3, 0.4) is 0 Å². The summed E-state index contributed by atoms with van der Waals surface area (Å²) in [6.45, 7) is 6.86. The summed E-state index contributed by atoms with van der Waals surface area (Å²) in [6.07, 6.45) is 6.52. The minimum Gasteiger partial charge on any atom is -0.379 e. The summed E-state index contributed by atoms with van der Waals surface area (Å²) < 4.78 is 15.2. The SMILES string of the molecule is Cc1nnc2c(NC3CCOC3)nc(-c3nc4cnc(N5CCOCC5)cc4n3Cc3ccccn3)cn12. The van der Waals surface area contributed by atoms with Crippen molar-refractivity contribution in [3.8, 4) is 11.5 Å². The van der Waals surface area contributed by atoms with Crippen LogP contribution in [0.1, 0.15) is 17.9 Å². The van der Waals surface area contributed by atoms with E-state index in [0.717, 1.165) is 60.3 Å². The van der Waals surface area contributed by atoms with Crippen molar-refractivity contribution in [2.24, 2.45) is 0 Å². The molecule has 0 aliphatic carbocycles. The second-order valence-corrected chi connectivity index (χ2v) is 9.59. The third-order valence-electron chi connectivity index (χ3n) is 7.06. The van der Waals surface area contributed by atoms with E-state index < -0.39 is 0 Å². The molecule has 2 aliphatic heterocycles. The van der Waals surface area contributed by atoms with Gasteiger partial charge >= 0.3 is 0 Å². The van der Waals surface area contributed by atoms with Gasteiger partial charge in [0.15, 0.2) is 11.6 Å². The molecular weight excluding hydrogens is 484 g/mol. The number of pyridine rings is 2. The van der Waals surface area contributed by atoms with E-state index in [4.69, 9.17) is 24.4 Å². The maximum Gasteiger partial charge on any atom is 0.203 e. The Balaban J connectivity index is 1.39. The number of aryl methyl sites for hydroxylation is 1. The molecule has 194 valence electrons. The lowest BCUT2D eigenvalue weighted by atomic mass is 10.2. The summed E-state index contributed by atoms with van der Waals surface area (Å²) in [4.78, 5) is 21.6. The molecular formula is C26H28N10O2. The molecule has 1 N–H and O–H groups in total. The zero-order valence-electron chi connectivity index (χ0n) is 21.1. The molecule has 5 aromatic heterocycles. The zero-order chi connectivity index (χ0) is 25.5. The van der Waals surface area contributed by atoms with Gasteiger partial charge in [-0.3, -0.25) is 9.38 Å². The summed E-state index contributed by atoms with van der Waals surface area (Å²) in [6, 6.07) is 8.22. The minimum absolute atomic E-state index is 0.172. The highest BCUT2D eigenvalue weighted by Gasteiger charge is 2.23. The lowest BCUT2D eigenvalue weighted by molar-refractivity contribution is 0.122. The topological polar surface area (TPSA) is 120 Å². The number of imidazole rings is 1. The predicted octanol–water partition coefficient (Wildman–Crippen LogP) is 2.33. The summed E-state index contributed by atoms with van der Waals surface area (Å²) in [7, 11) is 0. The number of hydrogen-bond acceptors (Lipinski definition) is 10. The second-order valence-electron chi connectivity index (χ2n) is 9.59. The molecule has 1 unspecified atom stereocenters. The van der Waals surface area contributed by atoms with E-state index in [1.165, 1.54) is 0 Å². The van der Waals surface area contributed by atoms with Crippen LogP contribution in [0, 0.1) is 6.92 Å². The van der Waals surface area contributed by atoms with E-state index in [1.807, 2.05) is 48.1 Å². The van der Waals surface area contributed by atoms with Gasteiger partial charge in [-0.05, 0) is 25.5 Å². The highest BCUT2D eigenvalue weighted by atomic mass is 16.5. The minimum atomic E-state index is 0.172. The van der Waals surface area contributed by atoms with E-state index in [-0.39, 0.29) is 6.04 Å². The standard InChI is InChI=1S/C26H28N10O2/c1-17-32-33-26-24(29-19-5-9-38-16-19)30-21(15-35(17)26)25-31-20-13-28-23(34-7-10-37-11-8-34)12-22(20)36(25)14-18-4-2-3-6-27-18/h2-4,6,12-13,15,19H,5,7-11,14,16H2,1H3,(H,29,30). The van der Waals surface area contributed by atoms with Crippen LogP contribution in [-0.2, 0) is 16.0 Å². The number of aromatic nitrogens is 8. The molecule has 2 aliphatic rings. The fraction of sp³-hybridized carbons (Fsp3) is 0.385. The largest absolute Gasteiger partial charge is 0.379 e. The molecule has 1 atom stereocenters. The Hall–Kier alpha value is -4.16. The van der Waals surface area contributed by atoms with E-state index in [1.54, 1.807) is 0 Å². The Labute approximate surface area is 218 Å². The number of ether oxygens (including phenoxy) is 2. The monoisotopic (exact) mass is 512 g/mol. The Morgan fingerprint density at radius 2 is 1.97 bits per heavy atom. The van der Waals surface area contributed by atoms with Gasteiger partial charge in [-0.15, -0.1) is 10.2 Å². The summed E-state index contributed by atoms with van der Waals surface area (Å²) >= 11 is 0. The van der Waals surface area contributed by atoms with Gasteiger partial charge in [0.05, 0.1) is 49.8 Å².